The van der Waals surface area contributed by atoms with Crippen LogP contribution in [-0.4, -0.2) is 48.4 Å². The van der Waals surface area contributed by atoms with Crippen molar-refractivity contribution < 1.29 is 14.3 Å². The summed E-state index contributed by atoms with van der Waals surface area (Å²) >= 11 is 0. The third-order valence-electron chi connectivity index (χ3n) is 6.41. The molecule has 2 amide bonds. The van der Waals surface area contributed by atoms with E-state index < -0.39 is 0 Å². The van der Waals surface area contributed by atoms with E-state index in [4.69, 9.17) is 4.74 Å². The lowest BCUT2D eigenvalue weighted by molar-refractivity contribution is -0.116. The number of anilines is 2. The molecule has 0 bridgehead atoms. The number of hydrogen-bond donors (Lipinski definition) is 3. The number of fused-ring (bicyclic) bond motifs is 2. The fourth-order valence-electron chi connectivity index (χ4n) is 4.60. The third-order valence-corrected chi connectivity index (χ3v) is 6.41. The van der Waals surface area contributed by atoms with E-state index in [1.165, 1.54) is 19.3 Å². The number of carbonyl (C=O) groups excluding carboxylic acids is 2. The Labute approximate surface area is 192 Å². The lowest BCUT2D eigenvalue weighted by Gasteiger charge is -2.25. The maximum absolute atomic E-state index is 12.7. The molecule has 2 aliphatic heterocycles. The molecule has 1 saturated heterocycles. The van der Waals surface area contributed by atoms with Gasteiger partial charge in [0.05, 0.1) is 7.11 Å². The molecule has 1 aromatic heterocycles. The second-order valence-electron chi connectivity index (χ2n) is 8.63. The average molecular weight is 445 g/mol. The van der Waals surface area contributed by atoms with Gasteiger partial charge in [-0.05, 0) is 68.4 Å². The zero-order chi connectivity index (χ0) is 22.8. The van der Waals surface area contributed by atoms with Crippen LogP contribution < -0.4 is 15.4 Å². The van der Waals surface area contributed by atoms with Gasteiger partial charge in [-0.3, -0.25) is 9.59 Å². The van der Waals surface area contributed by atoms with E-state index >= 15 is 0 Å². The SMILES string of the molecule is COc1ccc2[nH]cc(C=C3C(=O)Nc4ccc(NC(=O)CCN5CCCCC5)cc43)c2c1. The second-order valence-corrected chi connectivity index (χ2v) is 8.63. The predicted molar refractivity (Wildman–Crippen MR) is 131 cm³/mol. The number of methoxy groups -OCH3 is 1. The summed E-state index contributed by atoms with van der Waals surface area (Å²) < 4.78 is 5.35. The van der Waals surface area contributed by atoms with Crippen LogP contribution in [0.2, 0.25) is 0 Å². The van der Waals surface area contributed by atoms with E-state index in [0.29, 0.717) is 17.7 Å². The van der Waals surface area contributed by atoms with Gasteiger partial charge in [0.15, 0.2) is 0 Å². The van der Waals surface area contributed by atoms with Crippen molar-refractivity contribution >= 4 is 45.7 Å². The summed E-state index contributed by atoms with van der Waals surface area (Å²) in [6.07, 6.45) is 7.94. The van der Waals surface area contributed by atoms with E-state index in [1.807, 2.05) is 48.7 Å². The molecule has 1 fully saturated rings. The van der Waals surface area contributed by atoms with Crippen LogP contribution in [0.15, 0.2) is 42.6 Å². The first-order chi connectivity index (χ1) is 16.1. The summed E-state index contributed by atoms with van der Waals surface area (Å²) in [5, 5.41) is 6.89. The monoisotopic (exact) mass is 444 g/mol. The quantitative estimate of drug-likeness (QED) is 0.489. The molecule has 0 radical (unpaired) electrons. The van der Waals surface area contributed by atoms with E-state index in [-0.39, 0.29) is 11.8 Å². The normalized spacial score (nSPS) is 17.2. The van der Waals surface area contributed by atoms with Gasteiger partial charge in [-0.25, -0.2) is 0 Å². The molecule has 7 nitrogen and oxygen atoms in total. The highest BCUT2D eigenvalue weighted by Gasteiger charge is 2.25. The molecule has 3 heterocycles. The van der Waals surface area contributed by atoms with Crippen molar-refractivity contribution in [1.29, 1.82) is 0 Å². The minimum atomic E-state index is -0.157. The maximum atomic E-state index is 12.7. The molecule has 33 heavy (non-hydrogen) atoms. The Bertz CT molecular complexity index is 1240. The van der Waals surface area contributed by atoms with Crippen LogP contribution in [0.5, 0.6) is 5.75 Å². The molecule has 0 spiro atoms. The summed E-state index contributed by atoms with van der Waals surface area (Å²) in [7, 11) is 1.63. The van der Waals surface area contributed by atoms with Crippen molar-refractivity contribution in [1.82, 2.24) is 9.88 Å². The molecular formula is C26H28N4O3. The standard InChI is InChI=1S/C26H28N4O3/c1-33-19-6-8-23-20(15-19)17(16-27-23)13-22-21-14-18(5-7-24(21)29-26(22)32)28-25(31)9-12-30-10-3-2-4-11-30/h5-8,13-16,27H,2-4,9-12H2,1H3,(H,28,31)(H,29,32). The van der Waals surface area contributed by atoms with Crippen LogP contribution in [0.1, 0.15) is 36.8 Å². The zero-order valence-corrected chi connectivity index (χ0v) is 18.7. The lowest BCUT2D eigenvalue weighted by atomic mass is 10.0. The second kappa shape index (κ2) is 9.11. The van der Waals surface area contributed by atoms with Crippen molar-refractivity contribution in [2.45, 2.75) is 25.7 Å². The number of likely N-dealkylation sites (tertiary alicyclic amines) is 1. The molecule has 0 saturated carbocycles. The van der Waals surface area contributed by atoms with Crippen LogP contribution >= 0.6 is 0 Å². The van der Waals surface area contributed by atoms with Gasteiger partial charge in [0, 0.05) is 58.1 Å². The molecule has 0 aliphatic carbocycles. The van der Waals surface area contributed by atoms with E-state index in [0.717, 1.165) is 53.1 Å². The Morgan fingerprint density at radius 1 is 1.15 bits per heavy atom. The largest absolute Gasteiger partial charge is 0.497 e. The number of piperidine rings is 1. The van der Waals surface area contributed by atoms with Gasteiger partial charge in [-0.2, -0.15) is 0 Å². The number of aromatic amines is 1. The Balaban J connectivity index is 1.36. The van der Waals surface area contributed by atoms with E-state index in [9.17, 15) is 9.59 Å². The van der Waals surface area contributed by atoms with Gasteiger partial charge in [-0.15, -0.1) is 0 Å². The minimum absolute atomic E-state index is 0.00735. The molecular weight excluding hydrogens is 416 g/mol. The summed E-state index contributed by atoms with van der Waals surface area (Å²) in [5.74, 6) is 0.593. The number of aromatic nitrogens is 1. The van der Waals surface area contributed by atoms with Gasteiger partial charge < -0.3 is 25.3 Å². The van der Waals surface area contributed by atoms with Crippen molar-refractivity contribution in [3.05, 3.63) is 53.7 Å². The van der Waals surface area contributed by atoms with Gasteiger partial charge in [0.2, 0.25) is 5.91 Å². The summed E-state index contributed by atoms with van der Waals surface area (Å²) in [4.78, 5) is 30.8. The van der Waals surface area contributed by atoms with Crippen LogP contribution in [0.4, 0.5) is 11.4 Å². The van der Waals surface area contributed by atoms with Crippen molar-refractivity contribution in [2.75, 3.05) is 37.4 Å². The van der Waals surface area contributed by atoms with Crippen LogP contribution in [0.3, 0.4) is 0 Å². The van der Waals surface area contributed by atoms with Crippen molar-refractivity contribution in [2.24, 2.45) is 0 Å². The van der Waals surface area contributed by atoms with Crippen molar-refractivity contribution in [3.8, 4) is 5.75 Å². The van der Waals surface area contributed by atoms with E-state index in [2.05, 4.69) is 20.5 Å². The Morgan fingerprint density at radius 3 is 2.82 bits per heavy atom. The topological polar surface area (TPSA) is 86.5 Å². The Kier molecular flexibility index (Phi) is 5.88. The Hall–Kier alpha value is -3.58. The van der Waals surface area contributed by atoms with Crippen molar-refractivity contribution in [3.63, 3.8) is 0 Å². The maximum Gasteiger partial charge on any atom is 0.256 e. The molecule has 7 heteroatoms. The van der Waals surface area contributed by atoms with Gasteiger partial charge in [0.1, 0.15) is 5.75 Å². The lowest BCUT2D eigenvalue weighted by Crippen LogP contribution is -2.32. The average Bonchev–Trinajstić information content (AvgIpc) is 3.38. The number of amides is 2. The molecule has 3 aromatic rings. The molecule has 3 N–H and O–H groups in total. The van der Waals surface area contributed by atoms with Gasteiger partial charge in [0.25, 0.3) is 5.91 Å². The smallest absolute Gasteiger partial charge is 0.256 e. The highest BCUT2D eigenvalue weighted by atomic mass is 16.5. The van der Waals surface area contributed by atoms with Gasteiger partial charge >= 0.3 is 0 Å². The molecule has 0 atom stereocenters. The molecule has 2 aromatic carbocycles. The number of nitrogens with one attached hydrogen (secondary N) is 3. The summed E-state index contributed by atoms with van der Waals surface area (Å²) in [6, 6.07) is 11.3. The minimum Gasteiger partial charge on any atom is -0.497 e. The number of nitrogens with zero attached hydrogens (tertiary/aromatic N) is 1. The number of carbonyl (C=O) groups is 2. The van der Waals surface area contributed by atoms with Crippen LogP contribution in [-0.2, 0) is 9.59 Å². The first-order valence-electron chi connectivity index (χ1n) is 11.5. The molecule has 170 valence electrons. The predicted octanol–water partition coefficient (Wildman–Crippen LogP) is 4.48. The Morgan fingerprint density at radius 2 is 2.00 bits per heavy atom. The highest BCUT2D eigenvalue weighted by Crippen LogP contribution is 2.36. The third kappa shape index (κ3) is 4.50. The summed E-state index contributed by atoms with van der Waals surface area (Å²) in [6.45, 7) is 2.94. The fraction of sp³-hybridized carbons (Fsp3) is 0.308. The number of rotatable bonds is 6. The molecule has 2 aliphatic rings. The zero-order valence-electron chi connectivity index (χ0n) is 18.7. The first-order valence-corrected chi connectivity index (χ1v) is 11.5. The fourth-order valence-corrected chi connectivity index (χ4v) is 4.60. The first kappa shape index (κ1) is 21.3. The molecule has 0 unspecified atom stereocenters. The number of ether oxygens (including phenoxy) is 1. The van der Waals surface area contributed by atoms with Crippen LogP contribution in [0, 0.1) is 0 Å². The number of hydrogen-bond acceptors (Lipinski definition) is 4. The van der Waals surface area contributed by atoms with Crippen LogP contribution in [0.25, 0.3) is 22.6 Å². The number of benzene rings is 2. The molecule has 5 rings (SSSR count). The number of H-pyrrole nitrogens is 1. The highest BCUT2D eigenvalue weighted by molar-refractivity contribution is 6.35. The summed E-state index contributed by atoms with van der Waals surface area (Å²) in [5.41, 5.74) is 4.66. The van der Waals surface area contributed by atoms with Gasteiger partial charge in [-0.1, -0.05) is 6.42 Å². The van der Waals surface area contributed by atoms with E-state index in [1.54, 1.807) is 7.11 Å².